The lowest BCUT2D eigenvalue weighted by molar-refractivity contribution is -0.138. The third-order valence-electron chi connectivity index (χ3n) is 2.46. The molecule has 0 aliphatic heterocycles. The number of benzene rings is 1. The van der Waals surface area contributed by atoms with Gasteiger partial charge in [0, 0.05) is 10.0 Å². The van der Waals surface area contributed by atoms with Gasteiger partial charge in [-0.15, -0.1) is 10.2 Å². The Labute approximate surface area is 119 Å². The highest BCUT2D eigenvalue weighted by Crippen LogP contribution is 2.25. The number of nitrogens with one attached hydrogen (secondary N) is 1. The summed E-state index contributed by atoms with van der Waals surface area (Å²) >= 11 is 3.47. The highest BCUT2D eigenvalue weighted by atomic mass is 79.9. The van der Waals surface area contributed by atoms with Crippen LogP contribution in [-0.2, 0) is 9.53 Å². The maximum absolute atomic E-state index is 11.0. The van der Waals surface area contributed by atoms with Crippen LogP contribution in [0.15, 0.2) is 40.9 Å². The molecular formula is C13H12BrN3O2. The average Bonchev–Trinajstić information content (AvgIpc) is 2.46. The summed E-state index contributed by atoms with van der Waals surface area (Å²) in [6, 6.07) is 11.4. The number of aromatic nitrogens is 2. The Balaban J connectivity index is 2.11. The molecule has 2 aromatic rings. The number of anilines is 1. The van der Waals surface area contributed by atoms with Crippen LogP contribution >= 0.6 is 15.9 Å². The molecule has 0 amide bonds. The standard InChI is InChI=1S/C13H12BrN3O2/c1-19-13(18)8-15-12-7-6-11(16-17-12)9-4-2-3-5-10(9)14/h2-7H,8H2,1H3,(H,15,17). The van der Waals surface area contributed by atoms with Crippen LogP contribution in [0, 0.1) is 0 Å². The van der Waals surface area contributed by atoms with E-state index >= 15 is 0 Å². The molecule has 6 heteroatoms. The Morgan fingerprint density at radius 1 is 1.26 bits per heavy atom. The van der Waals surface area contributed by atoms with Crippen molar-refractivity contribution in [2.24, 2.45) is 0 Å². The van der Waals surface area contributed by atoms with Gasteiger partial charge < -0.3 is 10.1 Å². The number of halogens is 1. The molecule has 98 valence electrons. The van der Waals surface area contributed by atoms with E-state index in [2.05, 4.69) is 36.2 Å². The molecule has 1 aromatic carbocycles. The number of hydrogen-bond donors (Lipinski definition) is 1. The minimum absolute atomic E-state index is 0.0690. The first kappa shape index (κ1) is 13.5. The van der Waals surface area contributed by atoms with Crippen molar-refractivity contribution in [2.45, 2.75) is 0 Å². The van der Waals surface area contributed by atoms with Crippen molar-refractivity contribution in [3.63, 3.8) is 0 Å². The quantitative estimate of drug-likeness (QED) is 0.876. The van der Waals surface area contributed by atoms with E-state index in [1.165, 1.54) is 7.11 Å². The lowest BCUT2D eigenvalue weighted by Gasteiger charge is -2.05. The molecule has 0 spiro atoms. The molecule has 19 heavy (non-hydrogen) atoms. The number of esters is 1. The van der Waals surface area contributed by atoms with Crippen LogP contribution < -0.4 is 5.32 Å². The molecule has 0 aliphatic rings. The molecule has 0 fully saturated rings. The monoisotopic (exact) mass is 321 g/mol. The van der Waals surface area contributed by atoms with Gasteiger partial charge in [-0.3, -0.25) is 4.79 Å². The van der Waals surface area contributed by atoms with E-state index in [1.54, 1.807) is 6.07 Å². The van der Waals surface area contributed by atoms with Crippen LogP contribution in [0.3, 0.4) is 0 Å². The molecule has 1 aromatic heterocycles. The summed E-state index contributed by atoms with van der Waals surface area (Å²) in [6.45, 7) is 0.0690. The van der Waals surface area contributed by atoms with E-state index in [0.29, 0.717) is 5.82 Å². The van der Waals surface area contributed by atoms with Gasteiger partial charge in [-0.25, -0.2) is 0 Å². The molecule has 0 bridgehead atoms. The lowest BCUT2D eigenvalue weighted by Crippen LogP contribution is -2.15. The van der Waals surface area contributed by atoms with Gasteiger partial charge in [0.1, 0.15) is 12.4 Å². The van der Waals surface area contributed by atoms with Crippen LogP contribution in [-0.4, -0.2) is 29.8 Å². The summed E-state index contributed by atoms with van der Waals surface area (Å²) in [5.41, 5.74) is 1.73. The third kappa shape index (κ3) is 3.51. The molecular weight excluding hydrogens is 310 g/mol. The van der Waals surface area contributed by atoms with Crippen molar-refractivity contribution in [3.8, 4) is 11.3 Å². The second kappa shape index (κ2) is 6.29. The zero-order chi connectivity index (χ0) is 13.7. The molecule has 2 rings (SSSR count). The van der Waals surface area contributed by atoms with Gasteiger partial charge in [0.05, 0.1) is 12.8 Å². The van der Waals surface area contributed by atoms with Gasteiger partial charge >= 0.3 is 5.97 Å². The predicted molar refractivity (Wildman–Crippen MR) is 75.7 cm³/mol. The van der Waals surface area contributed by atoms with E-state index in [4.69, 9.17) is 0 Å². The fourth-order valence-electron chi connectivity index (χ4n) is 1.47. The van der Waals surface area contributed by atoms with Crippen molar-refractivity contribution < 1.29 is 9.53 Å². The Morgan fingerprint density at radius 3 is 2.68 bits per heavy atom. The summed E-state index contributed by atoms with van der Waals surface area (Å²) in [5, 5.41) is 11.0. The zero-order valence-electron chi connectivity index (χ0n) is 10.3. The van der Waals surface area contributed by atoms with Gasteiger partial charge in [0.15, 0.2) is 0 Å². The first-order chi connectivity index (χ1) is 9.20. The first-order valence-electron chi connectivity index (χ1n) is 5.60. The van der Waals surface area contributed by atoms with Gasteiger partial charge in [-0.2, -0.15) is 0 Å². The number of hydrogen-bond acceptors (Lipinski definition) is 5. The number of rotatable bonds is 4. The zero-order valence-corrected chi connectivity index (χ0v) is 11.8. The topological polar surface area (TPSA) is 64.1 Å². The first-order valence-corrected chi connectivity index (χ1v) is 6.39. The van der Waals surface area contributed by atoms with Crippen LogP contribution in [0.25, 0.3) is 11.3 Å². The molecule has 0 aliphatic carbocycles. The van der Waals surface area contributed by atoms with Gasteiger partial charge in [-0.05, 0) is 18.2 Å². The molecule has 1 heterocycles. The number of methoxy groups -OCH3 is 1. The third-order valence-corrected chi connectivity index (χ3v) is 3.15. The van der Waals surface area contributed by atoms with Crippen LogP contribution in [0.4, 0.5) is 5.82 Å². The predicted octanol–water partition coefficient (Wildman–Crippen LogP) is 2.49. The molecule has 1 N–H and O–H groups in total. The summed E-state index contributed by atoms with van der Waals surface area (Å²) in [6.07, 6.45) is 0. The fourth-order valence-corrected chi connectivity index (χ4v) is 1.96. The van der Waals surface area contributed by atoms with E-state index < -0.39 is 0 Å². The van der Waals surface area contributed by atoms with Gasteiger partial charge in [0.2, 0.25) is 0 Å². The number of nitrogens with zero attached hydrogens (tertiary/aromatic N) is 2. The highest BCUT2D eigenvalue weighted by molar-refractivity contribution is 9.10. The molecule has 5 nitrogen and oxygen atoms in total. The van der Waals surface area contributed by atoms with Crippen LogP contribution in [0.1, 0.15) is 0 Å². The van der Waals surface area contributed by atoms with Crippen molar-refractivity contribution in [3.05, 3.63) is 40.9 Å². The van der Waals surface area contributed by atoms with Gasteiger partial charge in [-0.1, -0.05) is 34.1 Å². The Morgan fingerprint density at radius 2 is 2.05 bits per heavy atom. The molecule has 0 atom stereocenters. The smallest absolute Gasteiger partial charge is 0.325 e. The highest BCUT2D eigenvalue weighted by Gasteiger charge is 2.05. The SMILES string of the molecule is COC(=O)CNc1ccc(-c2ccccc2Br)nn1. The Kier molecular flexibility index (Phi) is 4.46. The molecule has 0 saturated carbocycles. The van der Waals surface area contributed by atoms with Crippen LogP contribution in [0.2, 0.25) is 0 Å². The maximum atomic E-state index is 11.0. The van der Waals surface area contributed by atoms with Crippen molar-refractivity contribution in [2.75, 3.05) is 19.0 Å². The van der Waals surface area contributed by atoms with Crippen molar-refractivity contribution >= 4 is 27.7 Å². The van der Waals surface area contributed by atoms with E-state index in [9.17, 15) is 4.79 Å². The largest absolute Gasteiger partial charge is 0.468 e. The summed E-state index contributed by atoms with van der Waals surface area (Å²) in [5.74, 6) is 0.179. The van der Waals surface area contributed by atoms with Crippen molar-refractivity contribution in [1.82, 2.24) is 10.2 Å². The Bertz CT molecular complexity index is 572. The molecule has 0 saturated heterocycles. The normalized spacial score (nSPS) is 10.0. The van der Waals surface area contributed by atoms with E-state index in [0.717, 1.165) is 15.7 Å². The van der Waals surface area contributed by atoms with E-state index in [1.807, 2.05) is 30.3 Å². The molecule has 0 unspecified atom stereocenters. The van der Waals surface area contributed by atoms with E-state index in [-0.39, 0.29) is 12.5 Å². The fraction of sp³-hybridized carbons (Fsp3) is 0.154. The number of carbonyl (C=O) groups is 1. The van der Waals surface area contributed by atoms with Crippen molar-refractivity contribution in [1.29, 1.82) is 0 Å². The summed E-state index contributed by atoms with van der Waals surface area (Å²) in [4.78, 5) is 11.0. The Hall–Kier alpha value is -1.95. The minimum atomic E-state index is -0.350. The summed E-state index contributed by atoms with van der Waals surface area (Å²) in [7, 11) is 1.34. The maximum Gasteiger partial charge on any atom is 0.325 e. The number of ether oxygens (including phenoxy) is 1. The van der Waals surface area contributed by atoms with Crippen LogP contribution in [0.5, 0.6) is 0 Å². The minimum Gasteiger partial charge on any atom is -0.468 e. The second-order valence-corrected chi connectivity index (χ2v) is 4.57. The van der Waals surface area contributed by atoms with Gasteiger partial charge in [0.25, 0.3) is 0 Å². The average molecular weight is 322 g/mol. The molecule has 0 radical (unpaired) electrons. The summed E-state index contributed by atoms with van der Waals surface area (Å²) < 4.78 is 5.48. The number of carbonyl (C=O) groups excluding carboxylic acids is 1. The lowest BCUT2D eigenvalue weighted by atomic mass is 10.1. The second-order valence-electron chi connectivity index (χ2n) is 3.71.